The molecule has 0 aromatic heterocycles. The van der Waals surface area contributed by atoms with E-state index in [9.17, 15) is 0 Å². The number of benzene rings is 1. The Kier molecular flexibility index (Phi) is 4.35. The Hall–Kier alpha value is -0.610. The van der Waals surface area contributed by atoms with Crippen LogP contribution in [-0.2, 0) is 4.74 Å². The van der Waals surface area contributed by atoms with Gasteiger partial charge in [0, 0.05) is 12.1 Å². The zero-order valence-corrected chi connectivity index (χ0v) is 9.14. The molecule has 0 heterocycles. The Balaban J connectivity index is 2.96. The van der Waals surface area contributed by atoms with Gasteiger partial charge in [0.1, 0.15) is 0 Å². The molecule has 3 nitrogen and oxygen atoms in total. The molecule has 0 spiro atoms. The van der Waals surface area contributed by atoms with Gasteiger partial charge in [0.05, 0.1) is 12.6 Å². The number of nitrogens with two attached hydrogens (primary N) is 1. The van der Waals surface area contributed by atoms with Crippen molar-refractivity contribution in [1.29, 1.82) is 0 Å². The van der Waals surface area contributed by atoms with Gasteiger partial charge in [0.25, 0.3) is 0 Å². The maximum absolute atomic E-state index is 5.91. The largest absolute Gasteiger partial charge is 0.383 e. The SMILES string of the molecule is COCC(NN)c1cc(Cl)ccc1C. The maximum Gasteiger partial charge on any atom is 0.0696 e. The summed E-state index contributed by atoms with van der Waals surface area (Å²) in [4.78, 5) is 0. The van der Waals surface area contributed by atoms with E-state index in [0.29, 0.717) is 11.6 Å². The average molecular weight is 215 g/mol. The van der Waals surface area contributed by atoms with Gasteiger partial charge in [0.2, 0.25) is 0 Å². The standard InChI is InChI=1S/C10H15ClN2O/c1-7-3-4-8(11)5-9(7)10(13-12)6-14-2/h3-5,10,13H,6,12H2,1-2H3. The lowest BCUT2D eigenvalue weighted by Crippen LogP contribution is -2.31. The fraction of sp³-hybridized carbons (Fsp3) is 0.400. The number of nitrogens with one attached hydrogen (secondary N) is 1. The predicted molar refractivity (Wildman–Crippen MR) is 58.1 cm³/mol. The van der Waals surface area contributed by atoms with Crippen LogP contribution in [0.4, 0.5) is 0 Å². The highest BCUT2D eigenvalue weighted by atomic mass is 35.5. The summed E-state index contributed by atoms with van der Waals surface area (Å²) in [5.74, 6) is 5.44. The minimum absolute atomic E-state index is 0.0151. The molecule has 0 saturated carbocycles. The third-order valence-corrected chi connectivity index (χ3v) is 2.39. The van der Waals surface area contributed by atoms with Crippen molar-refractivity contribution >= 4 is 11.6 Å². The molecule has 0 aliphatic carbocycles. The Morgan fingerprint density at radius 3 is 2.86 bits per heavy atom. The van der Waals surface area contributed by atoms with Crippen LogP contribution in [-0.4, -0.2) is 13.7 Å². The van der Waals surface area contributed by atoms with Crippen molar-refractivity contribution in [1.82, 2.24) is 5.43 Å². The highest BCUT2D eigenvalue weighted by molar-refractivity contribution is 6.30. The summed E-state index contributed by atoms with van der Waals surface area (Å²) in [6.07, 6.45) is 0. The fourth-order valence-corrected chi connectivity index (χ4v) is 1.56. The molecule has 14 heavy (non-hydrogen) atoms. The van der Waals surface area contributed by atoms with Crippen molar-refractivity contribution in [3.63, 3.8) is 0 Å². The molecular weight excluding hydrogens is 200 g/mol. The first-order valence-corrected chi connectivity index (χ1v) is 4.78. The van der Waals surface area contributed by atoms with Gasteiger partial charge < -0.3 is 4.74 Å². The molecule has 1 unspecified atom stereocenters. The van der Waals surface area contributed by atoms with Crippen LogP contribution in [0.3, 0.4) is 0 Å². The minimum atomic E-state index is -0.0151. The van der Waals surface area contributed by atoms with Gasteiger partial charge in [-0.2, -0.15) is 0 Å². The number of ether oxygens (including phenoxy) is 1. The van der Waals surface area contributed by atoms with Gasteiger partial charge in [-0.15, -0.1) is 0 Å². The molecule has 0 saturated heterocycles. The van der Waals surface area contributed by atoms with Crippen LogP contribution in [0, 0.1) is 6.92 Å². The van der Waals surface area contributed by atoms with Gasteiger partial charge in [-0.3, -0.25) is 11.3 Å². The van der Waals surface area contributed by atoms with E-state index < -0.39 is 0 Å². The first kappa shape index (κ1) is 11.5. The molecule has 0 aliphatic rings. The molecule has 1 atom stereocenters. The van der Waals surface area contributed by atoms with Crippen LogP contribution in [0.25, 0.3) is 0 Å². The van der Waals surface area contributed by atoms with Gasteiger partial charge >= 0.3 is 0 Å². The molecule has 1 aromatic carbocycles. The Morgan fingerprint density at radius 1 is 1.57 bits per heavy atom. The van der Waals surface area contributed by atoms with E-state index in [1.165, 1.54) is 0 Å². The Labute approximate surface area is 89.2 Å². The zero-order chi connectivity index (χ0) is 10.6. The maximum atomic E-state index is 5.91. The minimum Gasteiger partial charge on any atom is -0.383 e. The Morgan fingerprint density at radius 2 is 2.29 bits per heavy atom. The lowest BCUT2D eigenvalue weighted by atomic mass is 10.0. The molecule has 1 aromatic rings. The summed E-state index contributed by atoms with van der Waals surface area (Å²) >= 11 is 5.91. The third-order valence-electron chi connectivity index (χ3n) is 2.15. The fourth-order valence-electron chi connectivity index (χ4n) is 1.38. The molecule has 0 amide bonds. The smallest absolute Gasteiger partial charge is 0.0696 e. The first-order chi connectivity index (χ1) is 6.69. The quantitative estimate of drug-likeness (QED) is 0.594. The van der Waals surface area contributed by atoms with E-state index in [2.05, 4.69) is 5.43 Å². The highest BCUT2D eigenvalue weighted by Crippen LogP contribution is 2.21. The summed E-state index contributed by atoms with van der Waals surface area (Å²) in [6, 6.07) is 5.72. The van der Waals surface area contributed by atoms with Crippen molar-refractivity contribution in [3.05, 3.63) is 34.3 Å². The summed E-state index contributed by atoms with van der Waals surface area (Å²) in [5, 5.41) is 0.710. The van der Waals surface area contributed by atoms with Gasteiger partial charge in [-0.1, -0.05) is 17.7 Å². The number of methoxy groups -OCH3 is 1. The lowest BCUT2D eigenvalue weighted by molar-refractivity contribution is 0.167. The predicted octanol–water partition coefficient (Wildman–Crippen LogP) is 1.80. The topological polar surface area (TPSA) is 47.3 Å². The van der Waals surface area contributed by atoms with Gasteiger partial charge in [0.15, 0.2) is 0 Å². The van der Waals surface area contributed by atoms with E-state index in [-0.39, 0.29) is 6.04 Å². The summed E-state index contributed by atoms with van der Waals surface area (Å²) in [6.45, 7) is 2.54. The lowest BCUT2D eigenvalue weighted by Gasteiger charge is -2.17. The second kappa shape index (κ2) is 5.32. The average Bonchev–Trinajstić information content (AvgIpc) is 2.18. The molecule has 0 aliphatic heterocycles. The summed E-state index contributed by atoms with van der Waals surface area (Å²) < 4.78 is 5.06. The van der Waals surface area contributed by atoms with Crippen LogP contribution in [0.1, 0.15) is 17.2 Å². The first-order valence-electron chi connectivity index (χ1n) is 4.40. The number of hydrogen-bond acceptors (Lipinski definition) is 3. The molecule has 1 rings (SSSR count). The summed E-state index contributed by atoms with van der Waals surface area (Å²) in [7, 11) is 1.64. The molecule has 4 heteroatoms. The number of aryl methyl sites for hydroxylation is 1. The van der Waals surface area contributed by atoms with Crippen LogP contribution >= 0.6 is 11.6 Å². The van der Waals surface area contributed by atoms with Crippen molar-refractivity contribution in [3.8, 4) is 0 Å². The molecule has 3 N–H and O–H groups in total. The second-order valence-electron chi connectivity index (χ2n) is 3.18. The second-order valence-corrected chi connectivity index (χ2v) is 3.61. The zero-order valence-electron chi connectivity index (χ0n) is 8.38. The normalized spacial score (nSPS) is 12.9. The van der Waals surface area contributed by atoms with Crippen LogP contribution < -0.4 is 11.3 Å². The Bertz CT molecular complexity index is 304. The van der Waals surface area contributed by atoms with Crippen LogP contribution in [0.5, 0.6) is 0 Å². The molecular formula is C10H15ClN2O. The van der Waals surface area contributed by atoms with E-state index in [0.717, 1.165) is 11.1 Å². The molecule has 0 bridgehead atoms. The van der Waals surface area contributed by atoms with Gasteiger partial charge in [-0.05, 0) is 30.2 Å². The monoisotopic (exact) mass is 214 g/mol. The number of hydrazine groups is 1. The van der Waals surface area contributed by atoms with E-state index in [1.807, 2.05) is 25.1 Å². The van der Waals surface area contributed by atoms with Crippen LogP contribution in [0.2, 0.25) is 5.02 Å². The number of halogens is 1. The third kappa shape index (κ3) is 2.69. The van der Waals surface area contributed by atoms with Crippen LogP contribution in [0.15, 0.2) is 18.2 Å². The number of hydrogen-bond donors (Lipinski definition) is 2. The van der Waals surface area contributed by atoms with Crippen molar-refractivity contribution in [2.75, 3.05) is 13.7 Å². The van der Waals surface area contributed by atoms with E-state index in [1.54, 1.807) is 7.11 Å². The molecule has 78 valence electrons. The van der Waals surface area contributed by atoms with Crippen molar-refractivity contribution < 1.29 is 4.74 Å². The van der Waals surface area contributed by atoms with E-state index >= 15 is 0 Å². The number of rotatable bonds is 4. The van der Waals surface area contributed by atoms with E-state index in [4.69, 9.17) is 22.2 Å². The molecule has 0 radical (unpaired) electrons. The van der Waals surface area contributed by atoms with Crippen molar-refractivity contribution in [2.24, 2.45) is 5.84 Å². The molecule has 0 fully saturated rings. The van der Waals surface area contributed by atoms with Gasteiger partial charge in [-0.25, -0.2) is 0 Å². The highest BCUT2D eigenvalue weighted by Gasteiger charge is 2.11. The summed E-state index contributed by atoms with van der Waals surface area (Å²) in [5.41, 5.74) is 4.92. The van der Waals surface area contributed by atoms with Crippen molar-refractivity contribution in [2.45, 2.75) is 13.0 Å².